The molecule has 0 saturated heterocycles. The van der Waals surface area contributed by atoms with Gasteiger partial charge in [0.05, 0.1) is 17.9 Å². The molecular weight excluding hydrogens is 294 g/mol. The molecule has 2 heterocycles. The lowest BCUT2D eigenvalue weighted by Crippen LogP contribution is -3.00. The third kappa shape index (κ3) is 1.99. The predicted octanol–water partition coefficient (Wildman–Crippen LogP) is 1.05. The van der Waals surface area contributed by atoms with Crippen LogP contribution in [-0.4, -0.2) is 7.11 Å². The second-order valence-electron chi connectivity index (χ2n) is 5.31. The quantitative estimate of drug-likeness (QED) is 0.291. The highest BCUT2D eigenvalue weighted by atomic mass is 35.5. The third-order valence-electron chi connectivity index (χ3n) is 4.19. The Kier molecular flexibility index (Phi) is 3.63. The van der Waals surface area contributed by atoms with Crippen LogP contribution in [0.1, 0.15) is 5.69 Å². The van der Waals surface area contributed by atoms with Crippen LogP contribution in [0, 0.1) is 6.92 Å². The minimum atomic E-state index is 0. The van der Waals surface area contributed by atoms with Crippen LogP contribution in [-0.2, 0) is 0 Å². The zero-order chi connectivity index (χ0) is 14.4. The maximum absolute atomic E-state index is 5.53. The SMILES string of the molecule is COc1cccc2cc3c4ccccc4cc[n+]3c(C)c12.[Cl-]. The first kappa shape index (κ1) is 14.6. The number of benzene rings is 2. The van der Waals surface area contributed by atoms with Gasteiger partial charge in [0, 0.05) is 19.1 Å². The lowest BCUT2D eigenvalue weighted by Gasteiger charge is -2.07. The topological polar surface area (TPSA) is 13.3 Å². The highest BCUT2D eigenvalue weighted by Gasteiger charge is 2.17. The van der Waals surface area contributed by atoms with Gasteiger partial charge in [-0.3, -0.25) is 0 Å². The molecule has 0 fully saturated rings. The molecule has 0 unspecified atom stereocenters. The van der Waals surface area contributed by atoms with E-state index in [9.17, 15) is 0 Å². The van der Waals surface area contributed by atoms with E-state index in [0.717, 1.165) is 5.75 Å². The van der Waals surface area contributed by atoms with E-state index in [1.165, 1.54) is 32.8 Å². The van der Waals surface area contributed by atoms with Gasteiger partial charge in [-0.15, -0.1) is 0 Å². The van der Waals surface area contributed by atoms with Gasteiger partial charge in [0.1, 0.15) is 5.75 Å². The van der Waals surface area contributed by atoms with Crippen LogP contribution in [0.3, 0.4) is 0 Å². The van der Waals surface area contributed by atoms with E-state index in [0.29, 0.717) is 0 Å². The summed E-state index contributed by atoms with van der Waals surface area (Å²) in [5, 5.41) is 4.92. The molecule has 0 bridgehead atoms. The molecule has 4 rings (SSSR count). The number of aromatic nitrogens is 1. The van der Waals surface area contributed by atoms with Gasteiger partial charge in [0.25, 0.3) is 0 Å². The Bertz CT molecular complexity index is 995. The summed E-state index contributed by atoms with van der Waals surface area (Å²) in [5.41, 5.74) is 2.43. The molecule has 0 amide bonds. The Morgan fingerprint density at radius 3 is 2.50 bits per heavy atom. The van der Waals surface area contributed by atoms with Crippen molar-refractivity contribution in [3.05, 3.63) is 66.5 Å². The number of fused-ring (bicyclic) bond motifs is 4. The molecule has 2 aromatic carbocycles. The van der Waals surface area contributed by atoms with Crippen molar-refractivity contribution in [2.24, 2.45) is 0 Å². The highest BCUT2D eigenvalue weighted by molar-refractivity contribution is 5.99. The number of aryl methyl sites for hydroxylation is 1. The lowest BCUT2D eigenvalue weighted by atomic mass is 10.0. The van der Waals surface area contributed by atoms with Crippen LogP contribution in [0.5, 0.6) is 5.75 Å². The Labute approximate surface area is 135 Å². The fourth-order valence-corrected chi connectivity index (χ4v) is 3.17. The monoisotopic (exact) mass is 309 g/mol. The van der Waals surface area contributed by atoms with Gasteiger partial charge < -0.3 is 17.1 Å². The van der Waals surface area contributed by atoms with Crippen LogP contribution in [0.25, 0.3) is 27.1 Å². The molecule has 0 spiro atoms. The smallest absolute Gasteiger partial charge is 0.219 e. The van der Waals surface area contributed by atoms with E-state index in [4.69, 9.17) is 4.74 Å². The summed E-state index contributed by atoms with van der Waals surface area (Å²) in [6.07, 6.45) is 2.14. The first-order chi connectivity index (χ1) is 10.3. The summed E-state index contributed by atoms with van der Waals surface area (Å²) < 4.78 is 7.77. The van der Waals surface area contributed by atoms with E-state index < -0.39 is 0 Å². The maximum atomic E-state index is 5.53. The number of hydrogen-bond acceptors (Lipinski definition) is 1. The molecule has 0 N–H and O–H groups in total. The van der Waals surface area contributed by atoms with Gasteiger partial charge in [0.2, 0.25) is 5.52 Å². The molecule has 4 aromatic rings. The highest BCUT2D eigenvalue weighted by Crippen LogP contribution is 2.29. The van der Waals surface area contributed by atoms with Crippen molar-refractivity contribution in [2.75, 3.05) is 7.11 Å². The van der Waals surface area contributed by atoms with E-state index >= 15 is 0 Å². The van der Waals surface area contributed by atoms with Crippen LogP contribution < -0.4 is 21.5 Å². The standard InChI is InChI=1S/C19H16NO.ClH/c1-13-19-15(7-5-9-18(19)21-2)12-17-16-8-4-3-6-14(16)10-11-20(13)17;/h3-12H,1-2H3;1H/q+1;/p-1. The van der Waals surface area contributed by atoms with Crippen molar-refractivity contribution in [3.8, 4) is 5.75 Å². The van der Waals surface area contributed by atoms with Crippen LogP contribution in [0.15, 0.2) is 60.8 Å². The van der Waals surface area contributed by atoms with Crippen LogP contribution >= 0.6 is 0 Å². The van der Waals surface area contributed by atoms with E-state index in [1.54, 1.807) is 7.11 Å². The summed E-state index contributed by atoms with van der Waals surface area (Å²) >= 11 is 0. The van der Waals surface area contributed by atoms with Gasteiger partial charge in [0.15, 0.2) is 11.9 Å². The van der Waals surface area contributed by atoms with Gasteiger partial charge in [-0.25, -0.2) is 0 Å². The molecule has 0 atom stereocenters. The zero-order valence-electron chi connectivity index (χ0n) is 12.5. The second kappa shape index (κ2) is 5.47. The van der Waals surface area contributed by atoms with Crippen molar-refractivity contribution in [1.29, 1.82) is 0 Å². The van der Waals surface area contributed by atoms with E-state index in [1.807, 2.05) is 12.1 Å². The number of pyridine rings is 2. The van der Waals surface area contributed by atoms with E-state index in [2.05, 4.69) is 60.0 Å². The molecule has 22 heavy (non-hydrogen) atoms. The molecule has 0 aliphatic carbocycles. The van der Waals surface area contributed by atoms with Gasteiger partial charge >= 0.3 is 0 Å². The Morgan fingerprint density at radius 1 is 0.909 bits per heavy atom. The fourth-order valence-electron chi connectivity index (χ4n) is 3.17. The van der Waals surface area contributed by atoms with Crippen molar-refractivity contribution < 1.29 is 21.5 Å². The molecule has 3 heteroatoms. The average molecular weight is 310 g/mol. The molecule has 0 aliphatic rings. The minimum absolute atomic E-state index is 0. The number of rotatable bonds is 1. The van der Waals surface area contributed by atoms with Crippen molar-refractivity contribution in [1.82, 2.24) is 0 Å². The first-order valence-corrected chi connectivity index (χ1v) is 7.09. The first-order valence-electron chi connectivity index (χ1n) is 7.09. The molecule has 0 radical (unpaired) electrons. The number of hydrogen-bond donors (Lipinski definition) is 0. The average Bonchev–Trinajstić information content (AvgIpc) is 2.54. The Balaban J connectivity index is 0.00000144. The third-order valence-corrected chi connectivity index (χ3v) is 4.19. The summed E-state index contributed by atoms with van der Waals surface area (Å²) in [7, 11) is 1.73. The largest absolute Gasteiger partial charge is 1.00 e. The van der Waals surface area contributed by atoms with Crippen molar-refractivity contribution >= 4 is 27.1 Å². The van der Waals surface area contributed by atoms with Gasteiger partial charge in [-0.2, -0.15) is 4.40 Å². The van der Waals surface area contributed by atoms with Crippen LogP contribution in [0.2, 0.25) is 0 Å². The predicted molar refractivity (Wildman–Crippen MR) is 85.9 cm³/mol. The van der Waals surface area contributed by atoms with Crippen molar-refractivity contribution in [3.63, 3.8) is 0 Å². The fraction of sp³-hybridized carbons (Fsp3) is 0.105. The molecule has 0 saturated carbocycles. The summed E-state index contributed by atoms with van der Waals surface area (Å²) in [4.78, 5) is 0. The van der Waals surface area contributed by atoms with Gasteiger partial charge in [-0.1, -0.05) is 30.3 Å². The number of methoxy groups -OCH3 is 1. The van der Waals surface area contributed by atoms with Crippen molar-refractivity contribution in [2.45, 2.75) is 6.92 Å². The van der Waals surface area contributed by atoms with Crippen LogP contribution in [0.4, 0.5) is 0 Å². The molecular formula is C19H16ClNO. The summed E-state index contributed by atoms with van der Waals surface area (Å²) in [5.74, 6) is 0.924. The summed E-state index contributed by atoms with van der Waals surface area (Å²) in [6, 6.07) is 19.1. The molecule has 110 valence electrons. The lowest BCUT2D eigenvalue weighted by molar-refractivity contribution is -0.516. The number of nitrogens with zero attached hydrogens (tertiary/aromatic N) is 1. The zero-order valence-corrected chi connectivity index (χ0v) is 13.3. The maximum Gasteiger partial charge on any atom is 0.219 e. The Hall–Kier alpha value is -2.32. The van der Waals surface area contributed by atoms with E-state index in [-0.39, 0.29) is 12.4 Å². The number of halogens is 1. The summed E-state index contributed by atoms with van der Waals surface area (Å²) in [6.45, 7) is 2.15. The Morgan fingerprint density at radius 2 is 1.68 bits per heavy atom. The number of ether oxygens (including phenoxy) is 1. The molecule has 2 nitrogen and oxygen atoms in total. The molecule has 0 aliphatic heterocycles. The minimum Gasteiger partial charge on any atom is -1.00 e. The molecule has 2 aromatic heterocycles. The normalized spacial score (nSPS) is 10.8. The van der Waals surface area contributed by atoms with Gasteiger partial charge in [-0.05, 0) is 22.9 Å². The second-order valence-corrected chi connectivity index (χ2v) is 5.31.